The van der Waals surface area contributed by atoms with Gasteiger partial charge in [-0.05, 0) is 31.5 Å². The van der Waals surface area contributed by atoms with E-state index in [1.807, 2.05) is 0 Å². The standard InChI is InChI=1S/C13H17NO4S/c1-13(2,10(14)12(17)18)19-7-8-3-5-9(6-4-8)11(15)16/h3-6,10H,7,14H2,1-2H3,(H,15,16)(H,17,18)/t10-/m1/s1. The quantitative estimate of drug-likeness (QED) is 0.736. The maximum atomic E-state index is 10.9. The number of hydrogen-bond donors (Lipinski definition) is 3. The summed E-state index contributed by atoms with van der Waals surface area (Å²) in [6, 6.07) is 5.55. The first-order valence-electron chi connectivity index (χ1n) is 5.68. The fraction of sp³-hybridized carbons (Fsp3) is 0.385. The van der Waals surface area contributed by atoms with Crippen LogP contribution in [0, 0.1) is 0 Å². The molecule has 6 heteroatoms. The molecule has 1 rings (SSSR count). The number of carbonyl (C=O) groups is 2. The van der Waals surface area contributed by atoms with Gasteiger partial charge in [0.2, 0.25) is 0 Å². The maximum absolute atomic E-state index is 10.9. The molecule has 0 heterocycles. The highest BCUT2D eigenvalue weighted by molar-refractivity contribution is 7.99. The third kappa shape index (κ3) is 4.25. The van der Waals surface area contributed by atoms with E-state index in [0.29, 0.717) is 5.75 Å². The van der Waals surface area contributed by atoms with Gasteiger partial charge in [0.15, 0.2) is 0 Å². The number of rotatable bonds is 6. The number of thioether (sulfide) groups is 1. The second-order valence-electron chi connectivity index (χ2n) is 4.71. The van der Waals surface area contributed by atoms with E-state index in [1.54, 1.807) is 26.0 Å². The minimum atomic E-state index is -1.03. The summed E-state index contributed by atoms with van der Waals surface area (Å²) in [5.74, 6) is -1.42. The Bertz CT molecular complexity index is 470. The molecule has 0 saturated heterocycles. The van der Waals surface area contributed by atoms with Crippen molar-refractivity contribution in [2.45, 2.75) is 30.4 Å². The number of nitrogens with two attached hydrogens (primary N) is 1. The van der Waals surface area contributed by atoms with Crippen LogP contribution in [0.15, 0.2) is 24.3 Å². The highest BCUT2D eigenvalue weighted by Crippen LogP contribution is 2.30. The molecule has 0 unspecified atom stereocenters. The van der Waals surface area contributed by atoms with Gasteiger partial charge in [-0.15, -0.1) is 11.8 Å². The van der Waals surface area contributed by atoms with Crippen molar-refractivity contribution in [3.8, 4) is 0 Å². The van der Waals surface area contributed by atoms with Crippen molar-refractivity contribution in [3.63, 3.8) is 0 Å². The summed E-state index contributed by atoms with van der Waals surface area (Å²) in [6.07, 6.45) is 0. The molecule has 1 aromatic carbocycles. The molecule has 0 saturated carbocycles. The van der Waals surface area contributed by atoms with Crippen LogP contribution in [0.25, 0.3) is 0 Å². The van der Waals surface area contributed by atoms with Gasteiger partial charge in [0.25, 0.3) is 0 Å². The fourth-order valence-electron chi connectivity index (χ4n) is 1.40. The molecular formula is C13H17NO4S. The highest BCUT2D eigenvalue weighted by atomic mass is 32.2. The molecule has 0 aliphatic heterocycles. The first-order chi connectivity index (χ1) is 8.74. The maximum Gasteiger partial charge on any atom is 0.335 e. The fourth-order valence-corrected chi connectivity index (χ4v) is 2.41. The van der Waals surface area contributed by atoms with Crippen molar-refractivity contribution in [2.24, 2.45) is 5.73 Å². The SMILES string of the molecule is CC(C)(SCc1ccc(C(=O)O)cc1)[C@H](N)C(=O)O. The van der Waals surface area contributed by atoms with Crippen molar-refractivity contribution >= 4 is 23.7 Å². The van der Waals surface area contributed by atoms with Gasteiger partial charge in [-0.25, -0.2) is 4.79 Å². The first kappa shape index (κ1) is 15.5. The smallest absolute Gasteiger partial charge is 0.335 e. The van der Waals surface area contributed by atoms with E-state index < -0.39 is 22.7 Å². The van der Waals surface area contributed by atoms with Gasteiger partial charge in [-0.2, -0.15) is 0 Å². The molecule has 0 aliphatic carbocycles. The van der Waals surface area contributed by atoms with Gasteiger partial charge in [0.1, 0.15) is 6.04 Å². The number of aliphatic carboxylic acids is 1. The van der Waals surface area contributed by atoms with Crippen LogP contribution in [0.2, 0.25) is 0 Å². The Morgan fingerprint density at radius 2 is 1.79 bits per heavy atom. The van der Waals surface area contributed by atoms with Crippen LogP contribution in [0.4, 0.5) is 0 Å². The number of carboxylic acid groups (broad SMARTS) is 2. The lowest BCUT2D eigenvalue weighted by Gasteiger charge is -2.28. The Labute approximate surface area is 115 Å². The molecule has 4 N–H and O–H groups in total. The van der Waals surface area contributed by atoms with Gasteiger partial charge in [0, 0.05) is 10.5 Å². The molecule has 1 aromatic rings. The predicted molar refractivity (Wildman–Crippen MR) is 74.4 cm³/mol. The summed E-state index contributed by atoms with van der Waals surface area (Å²) in [6.45, 7) is 3.56. The van der Waals surface area contributed by atoms with Crippen LogP contribution in [0.1, 0.15) is 29.8 Å². The zero-order chi connectivity index (χ0) is 14.6. The molecule has 5 nitrogen and oxygen atoms in total. The monoisotopic (exact) mass is 283 g/mol. The van der Waals surface area contributed by atoms with Crippen LogP contribution in [-0.2, 0) is 10.5 Å². The summed E-state index contributed by atoms with van der Waals surface area (Å²) in [5.41, 5.74) is 6.79. The zero-order valence-electron chi connectivity index (χ0n) is 10.8. The molecule has 0 bridgehead atoms. The Kier molecular flexibility index (Phi) is 4.97. The van der Waals surface area contributed by atoms with Gasteiger partial charge < -0.3 is 15.9 Å². The van der Waals surface area contributed by atoms with Gasteiger partial charge in [-0.1, -0.05) is 12.1 Å². The molecule has 1 atom stereocenters. The first-order valence-corrected chi connectivity index (χ1v) is 6.67. The van der Waals surface area contributed by atoms with Crippen LogP contribution in [0.5, 0.6) is 0 Å². The third-order valence-electron chi connectivity index (χ3n) is 2.83. The summed E-state index contributed by atoms with van der Waals surface area (Å²) < 4.78 is -0.600. The van der Waals surface area contributed by atoms with Gasteiger partial charge >= 0.3 is 11.9 Å². The van der Waals surface area contributed by atoms with Crippen LogP contribution in [-0.4, -0.2) is 32.9 Å². The largest absolute Gasteiger partial charge is 0.480 e. The topological polar surface area (TPSA) is 101 Å². The summed E-state index contributed by atoms with van der Waals surface area (Å²) in [7, 11) is 0. The lowest BCUT2D eigenvalue weighted by atomic mass is 10.1. The molecule has 0 radical (unpaired) electrons. The van der Waals surface area contributed by atoms with Gasteiger partial charge in [0.05, 0.1) is 5.56 Å². The number of benzene rings is 1. The summed E-state index contributed by atoms with van der Waals surface area (Å²) >= 11 is 1.43. The molecule has 0 amide bonds. The van der Waals surface area contributed by atoms with Crippen molar-refractivity contribution in [1.82, 2.24) is 0 Å². The third-order valence-corrected chi connectivity index (χ3v) is 4.30. The molecule has 0 fully saturated rings. The molecule has 104 valence electrons. The summed E-state index contributed by atoms with van der Waals surface area (Å²) in [5, 5.41) is 17.7. The minimum Gasteiger partial charge on any atom is -0.480 e. The van der Waals surface area contributed by atoms with Crippen molar-refractivity contribution in [3.05, 3.63) is 35.4 Å². The van der Waals surface area contributed by atoms with Crippen molar-refractivity contribution in [2.75, 3.05) is 0 Å². The molecular weight excluding hydrogens is 266 g/mol. The van der Waals surface area contributed by atoms with Crippen LogP contribution >= 0.6 is 11.8 Å². The summed E-state index contributed by atoms with van der Waals surface area (Å²) in [4.78, 5) is 21.6. The van der Waals surface area contributed by atoms with E-state index in [0.717, 1.165) is 5.56 Å². The van der Waals surface area contributed by atoms with Crippen molar-refractivity contribution in [1.29, 1.82) is 0 Å². The minimum absolute atomic E-state index is 0.232. The molecule has 0 aromatic heterocycles. The van der Waals surface area contributed by atoms with E-state index >= 15 is 0 Å². The molecule has 19 heavy (non-hydrogen) atoms. The number of carboxylic acids is 2. The number of aromatic carboxylic acids is 1. The normalized spacial score (nSPS) is 13.0. The van der Waals surface area contributed by atoms with E-state index in [9.17, 15) is 9.59 Å². The molecule has 0 spiro atoms. The van der Waals surface area contributed by atoms with E-state index in [-0.39, 0.29) is 5.56 Å². The number of hydrogen-bond acceptors (Lipinski definition) is 4. The lowest BCUT2D eigenvalue weighted by molar-refractivity contribution is -0.139. The van der Waals surface area contributed by atoms with Crippen LogP contribution < -0.4 is 5.73 Å². The predicted octanol–water partition coefficient (Wildman–Crippen LogP) is 1.81. The van der Waals surface area contributed by atoms with E-state index in [2.05, 4.69) is 0 Å². The second kappa shape index (κ2) is 6.08. The second-order valence-corrected chi connectivity index (χ2v) is 6.34. The Hall–Kier alpha value is -1.53. The Balaban J connectivity index is 2.66. The van der Waals surface area contributed by atoms with E-state index in [1.165, 1.54) is 23.9 Å². The Morgan fingerprint density at radius 1 is 1.26 bits per heavy atom. The average Bonchev–Trinajstić information content (AvgIpc) is 2.35. The Morgan fingerprint density at radius 3 is 2.21 bits per heavy atom. The molecule has 0 aliphatic rings. The lowest BCUT2D eigenvalue weighted by Crippen LogP contribution is -2.46. The van der Waals surface area contributed by atoms with Gasteiger partial charge in [-0.3, -0.25) is 4.79 Å². The van der Waals surface area contributed by atoms with Crippen LogP contribution in [0.3, 0.4) is 0 Å². The zero-order valence-corrected chi connectivity index (χ0v) is 11.6. The van der Waals surface area contributed by atoms with Crippen molar-refractivity contribution < 1.29 is 19.8 Å². The highest BCUT2D eigenvalue weighted by Gasteiger charge is 2.32. The van der Waals surface area contributed by atoms with E-state index in [4.69, 9.17) is 15.9 Å². The average molecular weight is 283 g/mol.